The number of benzene rings is 3. The van der Waals surface area contributed by atoms with Gasteiger partial charge in [0.15, 0.2) is 5.82 Å². The smallest absolute Gasteiger partial charge is 0.159 e. The minimum atomic E-state index is -0.317. The van der Waals surface area contributed by atoms with Crippen LogP contribution in [0.4, 0.5) is 10.1 Å². The van der Waals surface area contributed by atoms with Gasteiger partial charge >= 0.3 is 0 Å². The molecule has 4 aromatic rings. The van der Waals surface area contributed by atoms with Crippen molar-refractivity contribution in [2.45, 2.75) is 0 Å². The van der Waals surface area contributed by atoms with E-state index in [0.717, 1.165) is 11.1 Å². The predicted octanol–water partition coefficient (Wildman–Crippen LogP) is 4.90. The summed E-state index contributed by atoms with van der Waals surface area (Å²) in [5, 5.41) is 10.3. The third-order valence-electron chi connectivity index (χ3n) is 4.27. The van der Waals surface area contributed by atoms with E-state index >= 15 is 0 Å². The SMILES string of the molecule is Nc1ccc(-c2ncc(-c3ccc(F)cc3)c(-c3ccccc3O)n2)cc1. The van der Waals surface area contributed by atoms with Gasteiger partial charge in [-0.3, -0.25) is 0 Å². The number of hydrogen-bond acceptors (Lipinski definition) is 4. The highest BCUT2D eigenvalue weighted by Crippen LogP contribution is 2.36. The third-order valence-corrected chi connectivity index (χ3v) is 4.27. The van der Waals surface area contributed by atoms with Crippen LogP contribution in [0.15, 0.2) is 79.0 Å². The molecule has 0 bridgehead atoms. The number of phenolic OH excluding ortho intramolecular Hbond substituents is 1. The second-order valence-electron chi connectivity index (χ2n) is 6.10. The summed E-state index contributed by atoms with van der Waals surface area (Å²) in [6.45, 7) is 0. The Morgan fingerprint density at radius 2 is 1.44 bits per heavy atom. The number of aromatic hydroxyl groups is 1. The van der Waals surface area contributed by atoms with Crippen molar-refractivity contribution in [1.82, 2.24) is 9.97 Å². The predicted molar refractivity (Wildman–Crippen MR) is 104 cm³/mol. The summed E-state index contributed by atoms with van der Waals surface area (Å²) in [6, 6.07) is 20.3. The van der Waals surface area contributed by atoms with Crippen molar-refractivity contribution in [3.8, 4) is 39.5 Å². The Balaban J connectivity index is 1.92. The van der Waals surface area contributed by atoms with Crippen molar-refractivity contribution < 1.29 is 9.50 Å². The molecule has 5 heteroatoms. The Hall–Kier alpha value is -3.73. The average molecular weight is 357 g/mol. The van der Waals surface area contributed by atoms with Crippen LogP contribution in [0.1, 0.15) is 0 Å². The van der Waals surface area contributed by atoms with Gasteiger partial charge in [0.1, 0.15) is 11.6 Å². The first kappa shape index (κ1) is 16.7. The van der Waals surface area contributed by atoms with Gasteiger partial charge in [-0.1, -0.05) is 24.3 Å². The van der Waals surface area contributed by atoms with E-state index in [1.54, 1.807) is 48.7 Å². The number of phenols is 1. The molecule has 0 radical (unpaired) electrons. The topological polar surface area (TPSA) is 72.0 Å². The van der Waals surface area contributed by atoms with Crippen molar-refractivity contribution >= 4 is 5.69 Å². The Morgan fingerprint density at radius 3 is 2.15 bits per heavy atom. The van der Waals surface area contributed by atoms with Crippen molar-refractivity contribution in [3.63, 3.8) is 0 Å². The van der Waals surface area contributed by atoms with E-state index in [-0.39, 0.29) is 11.6 Å². The molecule has 0 saturated heterocycles. The molecule has 0 aliphatic rings. The minimum absolute atomic E-state index is 0.114. The maximum absolute atomic E-state index is 13.3. The lowest BCUT2D eigenvalue weighted by Crippen LogP contribution is -1.96. The van der Waals surface area contributed by atoms with Crippen molar-refractivity contribution in [2.24, 2.45) is 0 Å². The molecule has 0 spiro atoms. The Kier molecular flexibility index (Phi) is 4.26. The lowest BCUT2D eigenvalue weighted by Gasteiger charge is -2.12. The van der Waals surface area contributed by atoms with Crippen LogP contribution in [-0.4, -0.2) is 15.1 Å². The van der Waals surface area contributed by atoms with Gasteiger partial charge in [-0.15, -0.1) is 0 Å². The van der Waals surface area contributed by atoms with Gasteiger partial charge < -0.3 is 10.8 Å². The molecule has 0 aliphatic carbocycles. The van der Waals surface area contributed by atoms with Crippen LogP contribution in [0.5, 0.6) is 5.75 Å². The second-order valence-corrected chi connectivity index (χ2v) is 6.10. The van der Waals surface area contributed by atoms with Crippen LogP contribution in [0.25, 0.3) is 33.8 Å². The van der Waals surface area contributed by atoms with Gasteiger partial charge in [0.05, 0.1) is 5.69 Å². The Labute approximate surface area is 155 Å². The monoisotopic (exact) mass is 357 g/mol. The molecule has 1 aromatic heterocycles. The Morgan fingerprint density at radius 1 is 0.778 bits per heavy atom. The van der Waals surface area contributed by atoms with Gasteiger partial charge in [0, 0.05) is 28.6 Å². The zero-order chi connectivity index (χ0) is 18.8. The molecule has 3 aromatic carbocycles. The zero-order valence-corrected chi connectivity index (χ0v) is 14.3. The highest BCUT2D eigenvalue weighted by atomic mass is 19.1. The molecule has 1 heterocycles. The molecule has 4 rings (SSSR count). The molecule has 0 fully saturated rings. The molecule has 0 amide bonds. The van der Waals surface area contributed by atoms with E-state index < -0.39 is 0 Å². The molecule has 132 valence electrons. The quantitative estimate of drug-likeness (QED) is 0.511. The molecule has 27 heavy (non-hydrogen) atoms. The van der Waals surface area contributed by atoms with Crippen molar-refractivity contribution in [3.05, 3.63) is 84.8 Å². The highest BCUT2D eigenvalue weighted by Gasteiger charge is 2.15. The van der Waals surface area contributed by atoms with E-state index in [1.807, 2.05) is 18.2 Å². The van der Waals surface area contributed by atoms with Crippen molar-refractivity contribution in [1.29, 1.82) is 0 Å². The molecule has 4 nitrogen and oxygen atoms in total. The van der Waals surface area contributed by atoms with Crippen LogP contribution in [0.2, 0.25) is 0 Å². The first-order chi connectivity index (χ1) is 13.1. The summed E-state index contributed by atoms with van der Waals surface area (Å²) < 4.78 is 13.3. The zero-order valence-electron chi connectivity index (χ0n) is 14.3. The average Bonchev–Trinajstić information content (AvgIpc) is 2.69. The number of rotatable bonds is 3. The summed E-state index contributed by atoms with van der Waals surface area (Å²) in [7, 11) is 0. The van der Waals surface area contributed by atoms with E-state index in [2.05, 4.69) is 4.98 Å². The summed E-state index contributed by atoms with van der Waals surface area (Å²) >= 11 is 0. The molecular formula is C22H16FN3O. The maximum atomic E-state index is 13.3. The Bertz CT molecular complexity index is 1090. The highest BCUT2D eigenvalue weighted by molar-refractivity contribution is 5.84. The second kappa shape index (κ2) is 6.88. The maximum Gasteiger partial charge on any atom is 0.159 e. The lowest BCUT2D eigenvalue weighted by molar-refractivity contribution is 0.477. The fourth-order valence-electron chi connectivity index (χ4n) is 2.87. The van der Waals surface area contributed by atoms with Gasteiger partial charge in [0.25, 0.3) is 0 Å². The normalized spacial score (nSPS) is 10.7. The fourth-order valence-corrected chi connectivity index (χ4v) is 2.87. The molecule has 0 atom stereocenters. The van der Waals surface area contributed by atoms with E-state index in [0.29, 0.717) is 28.3 Å². The standard InChI is InChI=1S/C22H16FN3O/c23-16-9-5-14(6-10-16)19-13-25-22(15-7-11-17(24)12-8-15)26-21(19)18-3-1-2-4-20(18)27/h1-13,27H,24H2. The van der Waals surface area contributed by atoms with Crippen LogP contribution in [-0.2, 0) is 0 Å². The molecular weight excluding hydrogens is 341 g/mol. The summed E-state index contributed by atoms with van der Waals surface area (Å²) in [4.78, 5) is 9.16. The van der Waals surface area contributed by atoms with E-state index in [9.17, 15) is 9.50 Å². The largest absolute Gasteiger partial charge is 0.507 e. The molecule has 0 saturated carbocycles. The number of aromatic nitrogens is 2. The molecule has 3 N–H and O–H groups in total. The van der Waals surface area contributed by atoms with Crippen LogP contribution >= 0.6 is 0 Å². The number of anilines is 1. The van der Waals surface area contributed by atoms with Crippen LogP contribution < -0.4 is 5.73 Å². The number of halogens is 1. The number of hydrogen-bond donors (Lipinski definition) is 2. The lowest BCUT2D eigenvalue weighted by atomic mass is 9.99. The van der Waals surface area contributed by atoms with Gasteiger partial charge in [-0.05, 0) is 54.1 Å². The summed E-state index contributed by atoms with van der Waals surface area (Å²) in [6.07, 6.45) is 1.69. The first-order valence-corrected chi connectivity index (χ1v) is 8.39. The number of nitrogens with two attached hydrogens (primary N) is 1. The van der Waals surface area contributed by atoms with Gasteiger partial charge in [-0.2, -0.15) is 0 Å². The molecule has 0 unspecified atom stereocenters. The van der Waals surface area contributed by atoms with E-state index in [4.69, 9.17) is 10.7 Å². The summed E-state index contributed by atoms with van der Waals surface area (Å²) in [5.41, 5.74) is 9.84. The third kappa shape index (κ3) is 3.35. The van der Waals surface area contributed by atoms with Gasteiger partial charge in [0.2, 0.25) is 0 Å². The van der Waals surface area contributed by atoms with Crippen LogP contribution in [0, 0.1) is 5.82 Å². The molecule has 0 aliphatic heterocycles. The summed E-state index contributed by atoms with van der Waals surface area (Å²) in [5.74, 6) is 0.309. The van der Waals surface area contributed by atoms with Crippen molar-refractivity contribution in [2.75, 3.05) is 5.73 Å². The van der Waals surface area contributed by atoms with E-state index in [1.165, 1.54) is 12.1 Å². The number of para-hydroxylation sites is 1. The number of nitrogen functional groups attached to an aromatic ring is 1. The fraction of sp³-hybridized carbons (Fsp3) is 0. The number of nitrogens with zero attached hydrogens (tertiary/aromatic N) is 2. The van der Waals surface area contributed by atoms with Crippen LogP contribution in [0.3, 0.4) is 0 Å². The van der Waals surface area contributed by atoms with Gasteiger partial charge in [-0.25, -0.2) is 14.4 Å². The minimum Gasteiger partial charge on any atom is -0.507 e. The first-order valence-electron chi connectivity index (χ1n) is 8.39.